The second-order valence-electron chi connectivity index (χ2n) is 7.31. The molecule has 2 aliphatic rings. The smallest absolute Gasteiger partial charge is 0.0458 e. The van der Waals surface area contributed by atoms with Crippen molar-refractivity contribution >= 4 is 10.9 Å². The summed E-state index contributed by atoms with van der Waals surface area (Å²) in [6.07, 6.45) is 9.92. The van der Waals surface area contributed by atoms with E-state index in [-0.39, 0.29) is 0 Å². The minimum Gasteiger partial charge on any atom is -0.358 e. The molecule has 2 heterocycles. The second-order valence-corrected chi connectivity index (χ2v) is 7.31. The summed E-state index contributed by atoms with van der Waals surface area (Å²) in [4.78, 5) is 6.37. The molecule has 1 N–H and O–H groups in total. The van der Waals surface area contributed by atoms with E-state index in [1.807, 2.05) is 0 Å². The zero-order valence-corrected chi connectivity index (χ0v) is 13.8. The van der Waals surface area contributed by atoms with Gasteiger partial charge in [0, 0.05) is 29.2 Å². The highest BCUT2D eigenvalue weighted by Gasteiger charge is 2.32. The predicted octanol–water partition coefficient (Wildman–Crippen LogP) is 4.67. The molecule has 4 rings (SSSR count). The zero-order chi connectivity index (χ0) is 14.9. The number of aromatic amines is 1. The van der Waals surface area contributed by atoms with Gasteiger partial charge in [0.15, 0.2) is 0 Å². The quantitative estimate of drug-likeness (QED) is 0.872. The van der Waals surface area contributed by atoms with Crippen molar-refractivity contribution < 1.29 is 0 Å². The second kappa shape index (κ2) is 6.08. The molecule has 2 aromatic rings. The Morgan fingerprint density at radius 1 is 1.09 bits per heavy atom. The maximum absolute atomic E-state index is 3.55. The van der Waals surface area contributed by atoms with Gasteiger partial charge in [-0.3, -0.25) is 4.90 Å². The minimum absolute atomic E-state index is 0.882. The molecular formula is C20H28N2. The molecule has 22 heavy (non-hydrogen) atoms. The first-order valence-electron chi connectivity index (χ1n) is 9.13. The Morgan fingerprint density at radius 3 is 2.86 bits per heavy atom. The number of hydrogen-bond acceptors (Lipinski definition) is 1. The van der Waals surface area contributed by atoms with Crippen LogP contribution in [0.15, 0.2) is 24.3 Å². The topological polar surface area (TPSA) is 19.0 Å². The molecule has 0 spiro atoms. The van der Waals surface area contributed by atoms with E-state index in [9.17, 15) is 0 Å². The van der Waals surface area contributed by atoms with Crippen molar-refractivity contribution in [1.29, 1.82) is 0 Å². The summed E-state index contributed by atoms with van der Waals surface area (Å²) in [5.74, 6) is 0.992. The minimum atomic E-state index is 0.882. The number of aromatic nitrogens is 1. The Bertz CT molecular complexity index is 640. The van der Waals surface area contributed by atoms with E-state index in [0.29, 0.717) is 0 Å². The van der Waals surface area contributed by atoms with E-state index in [2.05, 4.69) is 41.1 Å². The summed E-state index contributed by atoms with van der Waals surface area (Å²) in [5, 5.41) is 1.43. The number of aryl methyl sites for hydroxylation is 1. The van der Waals surface area contributed by atoms with Gasteiger partial charge in [-0.15, -0.1) is 0 Å². The van der Waals surface area contributed by atoms with Crippen molar-refractivity contribution in [2.24, 2.45) is 5.92 Å². The van der Waals surface area contributed by atoms with Crippen LogP contribution in [0.3, 0.4) is 0 Å². The maximum Gasteiger partial charge on any atom is 0.0458 e. The third-order valence-corrected chi connectivity index (χ3v) is 6.03. The van der Waals surface area contributed by atoms with Gasteiger partial charge >= 0.3 is 0 Å². The molecule has 2 unspecified atom stereocenters. The summed E-state index contributed by atoms with van der Waals surface area (Å²) < 4.78 is 0. The number of piperidine rings is 1. The van der Waals surface area contributed by atoms with Crippen molar-refractivity contribution in [3.63, 3.8) is 0 Å². The molecule has 1 aromatic heterocycles. The Hall–Kier alpha value is -1.28. The number of fused-ring (bicyclic) bond motifs is 2. The monoisotopic (exact) mass is 296 g/mol. The average Bonchev–Trinajstić information content (AvgIpc) is 2.88. The number of nitrogens with one attached hydrogen (secondary N) is 1. The van der Waals surface area contributed by atoms with Gasteiger partial charge in [-0.05, 0) is 63.1 Å². The fourth-order valence-electron chi connectivity index (χ4n) is 4.92. The van der Waals surface area contributed by atoms with E-state index >= 15 is 0 Å². The molecule has 2 atom stereocenters. The third-order valence-electron chi connectivity index (χ3n) is 6.03. The number of H-pyrrole nitrogens is 1. The number of likely N-dealkylation sites (tertiary alicyclic amines) is 1. The van der Waals surface area contributed by atoms with Crippen LogP contribution in [0.5, 0.6) is 0 Å². The van der Waals surface area contributed by atoms with E-state index in [0.717, 1.165) is 12.0 Å². The van der Waals surface area contributed by atoms with Crippen LogP contribution in [0.2, 0.25) is 0 Å². The summed E-state index contributed by atoms with van der Waals surface area (Å²) >= 11 is 0. The van der Waals surface area contributed by atoms with Crippen molar-refractivity contribution in [3.8, 4) is 0 Å². The lowest BCUT2D eigenvalue weighted by molar-refractivity contribution is 0.0620. The summed E-state index contributed by atoms with van der Waals surface area (Å²) in [7, 11) is 0. The number of hydrogen-bond donors (Lipinski definition) is 1. The van der Waals surface area contributed by atoms with Crippen LogP contribution < -0.4 is 0 Å². The van der Waals surface area contributed by atoms with Crippen molar-refractivity contribution in [2.75, 3.05) is 13.1 Å². The SMILES string of the molecule is Cc1[nH]c2ccccc2c1CCN1CCCC2CCCCC21. The lowest BCUT2D eigenvalue weighted by atomic mass is 9.78. The summed E-state index contributed by atoms with van der Waals surface area (Å²) in [5.41, 5.74) is 4.19. The zero-order valence-electron chi connectivity index (χ0n) is 13.8. The Morgan fingerprint density at radius 2 is 1.91 bits per heavy atom. The molecule has 2 nitrogen and oxygen atoms in total. The van der Waals surface area contributed by atoms with Crippen molar-refractivity contribution in [3.05, 3.63) is 35.5 Å². The lowest BCUT2D eigenvalue weighted by Crippen LogP contribution is -2.47. The fraction of sp³-hybridized carbons (Fsp3) is 0.600. The Balaban J connectivity index is 1.50. The number of rotatable bonds is 3. The highest BCUT2D eigenvalue weighted by Crippen LogP contribution is 2.35. The van der Waals surface area contributed by atoms with E-state index in [1.54, 1.807) is 0 Å². The standard InChI is InChI=1S/C20H28N2/c1-15-17(18-9-3-4-10-19(18)21-15)12-14-22-13-6-8-16-7-2-5-11-20(16)22/h3-4,9-10,16,20-21H,2,5-8,11-14H2,1H3. The van der Waals surface area contributed by atoms with Crippen LogP contribution in [0.1, 0.15) is 49.8 Å². The molecule has 0 bridgehead atoms. The molecule has 1 aliphatic heterocycles. The maximum atomic E-state index is 3.55. The molecule has 2 heteroatoms. The molecular weight excluding hydrogens is 268 g/mol. The highest BCUT2D eigenvalue weighted by atomic mass is 15.2. The molecule has 1 aromatic carbocycles. The number of para-hydroxylation sites is 1. The molecule has 1 saturated carbocycles. The predicted molar refractivity (Wildman–Crippen MR) is 93.3 cm³/mol. The average molecular weight is 296 g/mol. The van der Waals surface area contributed by atoms with Crippen molar-refractivity contribution in [2.45, 2.75) is 57.9 Å². The van der Waals surface area contributed by atoms with Crippen LogP contribution in [0.4, 0.5) is 0 Å². The van der Waals surface area contributed by atoms with Crippen LogP contribution in [-0.4, -0.2) is 29.0 Å². The van der Waals surface area contributed by atoms with Gasteiger partial charge < -0.3 is 4.98 Å². The van der Waals surface area contributed by atoms with E-state index in [4.69, 9.17) is 0 Å². The lowest BCUT2D eigenvalue weighted by Gasteiger charge is -2.44. The molecule has 118 valence electrons. The molecule has 2 fully saturated rings. The Kier molecular flexibility index (Phi) is 3.96. The summed E-state index contributed by atoms with van der Waals surface area (Å²) in [6, 6.07) is 9.64. The third kappa shape index (κ3) is 2.58. The first-order valence-corrected chi connectivity index (χ1v) is 9.13. The van der Waals surface area contributed by atoms with Gasteiger partial charge in [-0.2, -0.15) is 0 Å². The molecule has 1 saturated heterocycles. The van der Waals surface area contributed by atoms with Gasteiger partial charge in [-0.1, -0.05) is 31.0 Å². The van der Waals surface area contributed by atoms with Crippen LogP contribution in [0, 0.1) is 12.8 Å². The largest absolute Gasteiger partial charge is 0.358 e. The molecule has 0 amide bonds. The van der Waals surface area contributed by atoms with E-state index < -0.39 is 0 Å². The molecule has 0 radical (unpaired) electrons. The molecule has 1 aliphatic carbocycles. The van der Waals surface area contributed by atoms with Crippen LogP contribution >= 0.6 is 0 Å². The van der Waals surface area contributed by atoms with Crippen LogP contribution in [0.25, 0.3) is 10.9 Å². The summed E-state index contributed by atoms with van der Waals surface area (Å²) in [6.45, 7) is 4.79. The van der Waals surface area contributed by atoms with E-state index in [1.165, 1.54) is 80.2 Å². The van der Waals surface area contributed by atoms with Gasteiger partial charge in [0.05, 0.1) is 0 Å². The van der Waals surface area contributed by atoms with Crippen molar-refractivity contribution in [1.82, 2.24) is 9.88 Å². The van der Waals surface area contributed by atoms with Gasteiger partial charge in [0.1, 0.15) is 0 Å². The van der Waals surface area contributed by atoms with Gasteiger partial charge in [0.2, 0.25) is 0 Å². The highest BCUT2D eigenvalue weighted by molar-refractivity contribution is 5.84. The number of benzene rings is 1. The van der Waals surface area contributed by atoms with Gasteiger partial charge in [0.25, 0.3) is 0 Å². The normalized spacial score (nSPS) is 26.2. The fourth-order valence-corrected chi connectivity index (χ4v) is 4.92. The van der Waals surface area contributed by atoms with Gasteiger partial charge in [-0.25, -0.2) is 0 Å². The first-order chi connectivity index (χ1) is 10.8. The number of nitrogens with zero attached hydrogens (tertiary/aromatic N) is 1. The van der Waals surface area contributed by atoms with Crippen LogP contribution in [-0.2, 0) is 6.42 Å². The first kappa shape index (κ1) is 14.3. The Labute approximate surface area is 133 Å².